The normalized spacial score (nSPS) is 10.6. The lowest BCUT2D eigenvalue weighted by Gasteiger charge is -2.13. The Labute approximate surface area is 171 Å². The van der Waals surface area contributed by atoms with Crippen molar-refractivity contribution in [3.8, 4) is 17.1 Å². The van der Waals surface area contributed by atoms with Gasteiger partial charge in [0.25, 0.3) is 5.56 Å². The van der Waals surface area contributed by atoms with Gasteiger partial charge in [0.05, 0.1) is 7.11 Å². The van der Waals surface area contributed by atoms with Crippen molar-refractivity contribution in [3.63, 3.8) is 0 Å². The van der Waals surface area contributed by atoms with Crippen LogP contribution >= 0.6 is 23.2 Å². The number of hydrogen-bond acceptors (Lipinski definition) is 4. The molecule has 8 heteroatoms. The van der Waals surface area contributed by atoms with Crippen LogP contribution in [0.25, 0.3) is 11.4 Å². The number of ether oxygens (including phenoxy) is 1. The Hall–Kier alpha value is -2.83. The molecule has 1 aromatic heterocycles. The van der Waals surface area contributed by atoms with Crippen LogP contribution in [0.2, 0.25) is 10.0 Å². The second-order valence-corrected chi connectivity index (χ2v) is 6.95. The minimum absolute atomic E-state index is 0.211. The number of methoxy groups -OCH3 is 1. The van der Waals surface area contributed by atoms with E-state index in [1.165, 1.54) is 10.6 Å². The molecule has 3 aromatic rings. The zero-order chi connectivity index (χ0) is 20.3. The number of rotatable bonds is 5. The van der Waals surface area contributed by atoms with Gasteiger partial charge in [-0.3, -0.25) is 14.2 Å². The topological polar surface area (TPSA) is 73.2 Å². The monoisotopic (exact) mass is 417 g/mol. The van der Waals surface area contributed by atoms with Crippen molar-refractivity contribution in [3.05, 3.63) is 74.6 Å². The SMILES string of the molecule is COc1ccc(-c2nc(C)cc(=O)n2CC(=O)Nc2cc(Cl)cc(Cl)c2)cc1. The van der Waals surface area contributed by atoms with Gasteiger partial charge in [-0.2, -0.15) is 0 Å². The molecule has 0 aliphatic carbocycles. The van der Waals surface area contributed by atoms with Gasteiger partial charge in [0.2, 0.25) is 5.91 Å². The molecule has 0 atom stereocenters. The summed E-state index contributed by atoms with van der Waals surface area (Å²) in [5.74, 6) is 0.675. The Balaban J connectivity index is 1.92. The van der Waals surface area contributed by atoms with Crippen molar-refractivity contribution >= 4 is 34.8 Å². The highest BCUT2D eigenvalue weighted by Gasteiger charge is 2.14. The molecule has 0 aliphatic heterocycles. The van der Waals surface area contributed by atoms with Crippen LogP contribution in [-0.4, -0.2) is 22.6 Å². The molecular weight excluding hydrogens is 401 g/mol. The minimum Gasteiger partial charge on any atom is -0.497 e. The lowest BCUT2D eigenvalue weighted by molar-refractivity contribution is -0.116. The van der Waals surface area contributed by atoms with Gasteiger partial charge in [0, 0.05) is 33.1 Å². The van der Waals surface area contributed by atoms with Gasteiger partial charge in [-0.05, 0) is 49.4 Å². The predicted molar refractivity (Wildman–Crippen MR) is 110 cm³/mol. The first-order valence-corrected chi connectivity index (χ1v) is 9.10. The molecular formula is C20H17Cl2N3O3. The minimum atomic E-state index is -0.402. The highest BCUT2D eigenvalue weighted by Crippen LogP contribution is 2.23. The molecule has 0 bridgehead atoms. The van der Waals surface area contributed by atoms with Crippen molar-refractivity contribution in [2.75, 3.05) is 12.4 Å². The van der Waals surface area contributed by atoms with Crippen molar-refractivity contribution in [2.24, 2.45) is 0 Å². The van der Waals surface area contributed by atoms with E-state index in [0.29, 0.717) is 38.6 Å². The molecule has 0 saturated carbocycles. The lowest BCUT2D eigenvalue weighted by atomic mass is 10.2. The standard InChI is InChI=1S/C20H17Cl2N3O3/c1-12-7-19(27)25(20(23-12)13-3-5-17(28-2)6-4-13)11-18(26)24-16-9-14(21)8-15(22)10-16/h3-10H,11H2,1-2H3,(H,24,26). The van der Waals surface area contributed by atoms with Crippen molar-refractivity contribution in [2.45, 2.75) is 13.5 Å². The molecule has 0 aliphatic rings. The zero-order valence-corrected chi connectivity index (χ0v) is 16.7. The van der Waals surface area contributed by atoms with E-state index in [-0.39, 0.29) is 12.1 Å². The average Bonchev–Trinajstić information content (AvgIpc) is 2.63. The first-order valence-electron chi connectivity index (χ1n) is 8.34. The fraction of sp³-hybridized carbons (Fsp3) is 0.150. The van der Waals surface area contributed by atoms with E-state index < -0.39 is 5.91 Å². The van der Waals surface area contributed by atoms with Crippen LogP contribution < -0.4 is 15.6 Å². The highest BCUT2D eigenvalue weighted by atomic mass is 35.5. The lowest BCUT2D eigenvalue weighted by Crippen LogP contribution is -2.29. The molecule has 0 radical (unpaired) electrons. The molecule has 2 aromatic carbocycles. The number of amides is 1. The van der Waals surface area contributed by atoms with Crippen LogP contribution in [0.5, 0.6) is 5.75 Å². The summed E-state index contributed by atoms with van der Waals surface area (Å²) in [6.07, 6.45) is 0. The van der Waals surface area contributed by atoms with Gasteiger partial charge in [-0.25, -0.2) is 4.98 Å². The second kappa shape index (κ2) is 8.46. The Morgan fingerprint density at radius 2 is 1.75 bits per heavy atom. The Morgan fingerprint density at radius 1 is 1.11 bits per heavy atom. The van der Waals surface area contributed by atoms with Crippen LogP contribution in [0.1, 0.15) is 5.69 Å². The summed E-state index contributed by atoms with van der Waals surface area (Å²) in [5.41, 5.74) is 1.38. The molecule has 0 saturated heterocycles. The van der Waals surface area contributed by atoms with Gasteiger partial charge in [-0.1, -0.05) is 23.2 Å². The Morgan fingerprint density at radius 3 is 2.36 bits per heavy atom. The van der Waals surface area contributed by atoms with Crippen LogP contribution in [0.3, 0.4) is 0 Å². The smallest absolute Gasteiger partial charge is 0.254 e. The Bertz CT molecular complexity index is 1060. The van der Waals surface area contributed by atoms with E-state index in [4.69, 9.17) is 27.9 Å². The van der Waals surface area contributed by atoms with Crippen LogP contribution in [0, 0.1) is 6.92 Å². The third kappa shape index (κ3) is 4.71. The highest BCUT2D eigenvalue weighted by molar-refractivity contribution is 6.35. The molecule has 6 nitrogen and oxygen atoms in total. The molecule has 28 heavy (non-hydrogen) atoms. The molecule has 0 fully saturated rings. The van der Waals surface area contributed by atoms with E-state index in [1.807, 2.05) is 0 Å². The van der Waals surface area contributed by atoms with E-state index >= 15 is 0 Å². The number of aryl methyl sites for hydroxylation is 1. The molecule has 1 N–H and O–H groups in total. The van der Waals surface area contributed by atoms with Crippen LogP contribution in [0.4, 0.5) is 5.69 Å². The van der Waals surface area contributed by atoms with E-state index in [0.717, 1.165) is 0 Å². The molecule has 3 rings (SSSR count). The second-order valence-electron chi connectivity index (χ2n) is 6.08. The van der Waals surface area contributed by atoms with E-state index in [2.05, 4.69) is 10.3 Å². The van der Waals surface area contributed by atoms with Crippen molar-refractivity contribution < 1.29 is 9.53 Å². The average molecular weight is 418 g/mol. The van der Waals surface area contributed by atoms with Gasteiger partial charge in [-0.15, -0.1) is 0 Å². The molecule has 0 spiro atoms. The maximum Gasteiger partial charge on any atom is 0.254 e. The number of benzene rings is 2. The number of nitrogens with zero attached hydrogens (tertiary/aromatic N) is 2. The first-order chi connectivity index (χ1) is 13.4. The Kier molecular flexibility index (Phi) is 6.02. The summed E-state index contributed by atoms with van der Waals surface area (Å²) in [7, 11) is 1.57. The summed E-state index contributed by atoms with van der Waals surface area (Å²) < 4.78 is 6.47. The van der Waals surface area contributed by atoms with Gasteiger partial charge < -0.3 is 10.1 Å². The van der Waals surface area contributed by atoms with Crippen molar-refractivity contribution in [1.29, 1.82) is 0 Å². The fourth-order valence-corrected chi connectivity index (χ4v) is 3.23. The number of nitrogens with one attached hydrogen (secondary N) is 1. The predicted octanol–water partition coefficient (Wildman–Crippen LogP) is 4.17. The van der Waals surface area contributed by atoms with E-state index in [9.17, 15) is 9.59 Å². The summed E-state index contributed by atoms with van der Waals surface area (Å²) in [5, 5.41) is 3.49. The third-order valence-electron chi connectivity index (χ3n) is 3.93. The first kappa shape index (κ1) is 19.9. The quantitative estimate of drug-likeness (QED) is 0.675. The molecule has 1 amide bonds. The largest absolute Gasteiger partial charge is 0.497 e. The molecule has 0 unspecified atom stereocenters. The van der Waals surface area contributed by atoms with Crippen LogP contribution in [0.15, 0.2) is 53.3 Å². The number of aromatic nitrogens is 2. The number of carbonyl (C=O) groups excluding carboxylic acids is 1. The van der Waals surface area contributed by atoms with Crippen molar-refractivity contribution in [1.82, 2.24) is 9.55 Å². The number of hydrogen-bond donors (Lipinski definition) is 1. The van der Waals surface area contributed by atoms with Crippen LogP contribution in [-0.2, 0) is 11.3 Å². The van der Waals surface area contributed by atoms with E-state index in [1.54, 1.807) is 56.5 Å². The van der Waals surface area contributed by atoms with Gasteiger partial charge in [0.15, 0.2) is 0 Å². The summed E-state index contributed by atoms with van der Waals surface area (Å²) in [6, 6.07) is 13.2. The van der Waals surface area contributed by atoms with Gasteiger partial charge in [0.1, 0.15) is 18.1 Å². The number of halogens is 2. The fourth-order valence-electron chi connectivity index (χ4n) is 2.70. The number of carbonyl (C=O) groups is 1. The maximum atomic E-state index is 12.5. The summed E-state index contributed by atoms with van der Waals surface area (Å²) >= 11 is 11.9. The van der Waals surface area contributed by atoms with Gasteiger partial charge >= 0.3 is 0 Å². The third-order valence-corrected chi connectivity index (χ3v) is 4.37. The summed E-state index contributed by atoms with van der Waals surface area (Å²) in [6.45, 7) is 1.52. The molecule has 1 heterocycles. The summed E-state index contributed by atoms with van der Waals surface area (Å²) in [4.78, 5) is 29.5. The zero-order valence-electron chi connectivity index (χ0n) is 15.2. The molecule has 144 valence electrons. The maximum absolute atomic E-state index is 12.5. The number of anilines is 1.